The number of carbonyl (C=O) groups is 1. The molecule has 1 N–H and O–H groups in total. The van der Waals surface area contributed by atoms with E-state index in [9.17, 15) is 4.79 Å². The van der Waals surface area contributed by atoms with Gasteiger partial charge in [0, 0.05) is 17.4 Å². The highest BCUT2D eigenvalue weighted by molar-refractivity contribution is 7.15. The lowest BCUT2D eigenvalue weighted by Gasteiger charge is -2.07. The average molecular weight is 443 g/mol. The quantitative estimate of drug-likeness (QED) is 0.392. The second kappa shape index (κ2) is 9.15. The SMILES string of the molecule is COc1cccc(-c2csc3nc(NC(=O)CCCOc4ccccc4Cl)nn23)c1. The summed E-state index contributed by atoms with van der Waals surface area (Å²) in [7, 11) is 1.63. The molecule has 4 aromatic rings. The number of nitrogens with one attached hydrogen (secondary N) is 1. The van der Waals surface area contributed by atoms with Crippen molar-refractivity contribution in [3.05, 3.63) is 58.9 Å². The van der Waals surface area contributed by atoms with Gasteiger partial charge in [0.2, 0.25) is 16.8 Å². The predicted molar refractivity (Wildman–Crippen MR) is 118 cm³/mol. The molecule has 0 saturated carbocycles. The fourth-order valence-electron chi connectivity index (χ4n) is 2.88. The van der Waals surface area contributed by atoms with Crippen LogP contribution in [0.5, 0.6) is 11.5 Å². The minimum absolute atomic E-state index is 0.168. The molecule has 7 nitrogen and oxygen atoms in total. The fraction of sp³-hybridized carbons (Fsp3) is 0.190. The normalized spacial score (nSPS) is 10.9. The first-order valence-electron chi connectivity index (χ1n) is 9.30. The van der Waals surface area contributed by atoms with Gasteiger partial charge in [-0.05, 0) is 30.7 Å². The number of carbonyl (C=O) groups excluding carboxylic acids is 1. The van der Waals surface area contributed by atoms with Gasteiger partial charge in [-0.2, -0.15) is 4.98 Å². The van der Waals surface area contributed by atoms with Gasteiger partial charge in [0.05, 0.1) is 24.4 Å². The molecule has 0 aliphatic heterocycles. The first-order valence-corrected chi connectivity index (χ1v) is 10.6. The van der Waals surface area contributed by atoms with Crippen LogP contribution in [0.2, 0.25) is 5.02 Å². The van der Waals surface area contributed by atoms with Gasteiger partial charge in [-0.25, -0.2) is 4.52 Å². The van der Waals surface area contributed by atoms with E-state index in [2.05, 4.69) is 15.4 Å². The summed E-state index contributed by atoms with van der Waals surface area (Å²) in [5.41, 5.74) is 1.84. The van der Waals surface area contributed by atoms with Crippen molar-refractivity contribution in [3.63, 3.8) is 0 Å². The van der Waals surface area contributed by atoms with E-state index >= 15 is 0 Å². The Labute approximate surface area is 182 Å². The third-order valence-electron chi connectivity index (χ3n) is 4.34. The van der Waals surface area contributed by atoms with E-state index in [0.29, 0.717) is 35.2 Å². The maximum absolute atomic E-state index is 12.2. The number of benzene rings is 2. The summed E-state index contributed by atoms with van der Waals surface area (Å²) in [5, 5.41) is 9.70. The molecule has 0 fully saturated rings. The third-order valence-corrected chi connectivity index (χ3v) is 5.47. The topological polar surface area (TPSA) is 77.8 Å². The summed E-state index contributed by atoms with van der Waals surface area (Å²) in [6.45, 7) is 0.392. The van der Waals surface area contributed by atoms with Crippen molar-refractivity contribution < 1.29 is 14.3 Å². The van der Waals surface area contributed by atoms with E-state index in [0.717, 1.165) is 17.0 Å². The van der Waals surface area contributed by atoms with Crippen molar-refractivity contribution in [3.8, 4) is 22.8 Å². The van der Waals surface area contributed by atoms with E-state index in [1.807, 2.05) is 41.8 Å². The molecule has 0 aliphatic rings. The van der Waals surface area contributed by atoms with Crippen LogP contribution in [-0.2, 0) is 4.79 Å². The molecule has 2 aromatic heterocycles. The molecule has 2 aromatic carbocycles. The summed E-state index contributed by atoms with van der Waals surface area (Å²) < 4.78 is 12.6. The number of fused-ring (bicyclic) bond motifs is 1. The highest BCUT2D eigenvalue weighted by atomic mass is 35.5. The Hall–Kier alpha value is -3.10. The molecule has 0 atom stereocenters. The number of aromatic nitrogens is 3. The van der Waals surface area contributed by atoms with Crippen LogP contribution in [0.1, 0.15) is 12.8 Å². The predicted octanol–water partition coefficient (Wildman–Crippen LogP) is 4.92. The molecule has 0 aliphatic carbocycles. The van der Waals surface area contributed by atoms with Gasteiger partial charge in [-0.3, -0.25) is 10.1 Å². The molecule has 0 unspecified atom stereocenters. The summed E-state index contributed by atoms with van der Waals surface area (Å²) in [6, 6.07) is 15.0. The Balaban J connectivity index is 1.35. The standard InChI is InChI=1S/C21H19ClN4O3S/c1-28-15-7-4-6-14(12-15)17-13-30-21-24-20(25-26(17)21)23-19(27)10-5-11-29-18-9-3-2-8-16(18)22/h2-4,6-9,12-13H,5,10-11H2,1H3,(H,23,25,27). The monoisotopic (exact) mass is 442 g/mol. The summed E-state index contributed by atoms with van der Waals surface area (Å²) >= 11 is 7.50. The van der Waals surface area contributed by atoms with Crippen molar-refractivity contribution in [2.75, 3.05) is 19.0 Å². The first kappa shape index (κ1) is 20.2. The number of ether oxygens (including phenoxy) is 2. The lowest BCUT2D eigenvalue weighted by Crippen LogP contribution is -2.14. The smallest absolute Gasteiger partial charge is 0.250 e. The van der Waals surface area contributed by atoms with Gasteiger partial charge < -0.3 is 9.47 Å². The highest BCUT2D eigenvalue weighted by Gasteiger charge is 2.14. The van der Waals surface area contributed by atoms with Crippen molar-refractivity contribution in [1.82, 2.24) is 14.6 Å². The summed E-state index contributed by atoms with van der Waals surface area (Å²) in [5.74, 6) is 1.49. The van der Waals surface area contributed by atoms with Gasteiger partial charge in [0.25, 0.3) is 0 Å². The van der Waals surface area contributed by atoms with Crippen LogP contribution < -0.4 is 14.8 Å². The van der Waals surface area contributed by atoms with Crippen LogP contribution in [0.15, 0.2) is 53.9 Å². The minimum Gasteiger partial charge on any atom is -0.497 e. The number of nitrogens with zero attached hydrogens (tertiary/aromatic N) is 3. The summed E-state index contributed by atoms with van der Waals surface area (Å²) in [6.07, 6.45) is 0.842. The van der Waals surface area contributed by atoms with Crippen molar-refractivity contribution in [2.45, 2.75) is 12.8 Å². The van der Waals surface area contributed by atoms with Gasteiger partial charge in [0.1, 0.15) is 11.5 Å². The van der Waals surface area contributed by atoms with E-state index < -0.39 is 0 Å². The maximum Gasteiger partial charge on any atom is 0.250 e. The van der Waals surface area contributed by atoms with Crippen molar-refractivity contribution in [1.29, 1.82) is 0 Å². The van der Waals surface area contributed by atoms with Crippen LogP contribution in [0.4, 0.5) is 5.95 Å². The molecular formula is C21H19ClN4O3S. The second-order valence-electron chi connectivity index (χ2n) is 6.41. The van der Waals surface area contributed by atoms with Crippen molar-refractivity contribution in [2.24, 2.45) is 0 Å². The Morgan fingerprint density at radius 2 is 2.10 bits per heavy atom. The van der Waals surface area contributed by atoms with E-state index in [1.165, 1.54) is 11.3 Å². The van der Waals surface area contributed by atoms with Gasteiger partial charge in [-0.1, -0.05) is 35.9 Å². The first-order chi connectivity index (χ1) is 14.6. The molecule has 2 heterocycles. The van der Waals surface area contributed by atoms with Crippen LogP contribution in [0.25, 0.3) is 16.2 Å². The molecule has 9 heteroatoms. The van der Waals surface area contributed by atoms with E-state index in [1.54, 1.807) is 23.8 Å². The number of thiazole rings is 1. The van der Waals surface area contributed by atoms with Gasteiger partial charge in [0.15, 0.2) is 0 Å². The molecule has 1 amide bonds. The zero-order valence-corrected chi connectivity index (χ0v) is 17.7. The lowest BCUT2D eigenvalue weighted by atomic mass is 10.2. The van der Waals surface area contributed by atoms with Crippen molar-refractivity contribution >= 4 is 39.8 Å². The molecule has 30 heavy (non-hydrogen) atoms. The Morgan fingerprint density at radius 3 is 2.93 bits per heavy atom. The molecule has 4 rings (SSSR count). The van der Waals surface area contributed by atoms with Crippen LogP contribution in [0.3, 0.4) is 0 Å². The lowest BCUT2D eigenvalue weighted by molar-refractivity contribution is -0.116. The molecule has 0 bridgehead atoms. The molecule has 0 radical (unpaired) electrons. The zero-order chi connectivity index (χ0) is 20.9. The van der Waals surface area contributed by atoms with E-state index in [-0.39, 0.29) is 11.9 Å². The van der Waals surface area contributed by atoms with Gasteiger partial charge in [-0.15, -0.1) is 16.4 Å². The highest BCUT2D eigenvalue weighted by Crippen LogP contribution is 2.28. The average Bonchev–Trinajstić information content (AvgIpc) is 3.32. The van der Waals surface area contributed by atoms with E-state index in [4.69, 9.17) is 21.1 Å². The van der Waals surface area contributed by atoms with Gasteiger partial charge >= 0.3 is 0 Å². The summed E-state index contributed by atoms with van der Waals surface area (Å²) in [4.78, 5) is 17.3. The second-order valence-corrected chi connectivity index (χ2v) is 7.66. The largest absolute Gasteiger partial charge is 0.497 e. The Kier molecular flexibility index (Phi) is 6.15. The molecule has 0 saturated heterocycles. The third kappa shape index (κ3) is 4.55. The molecule has 0 spiro atoms. The number of hydrogen-bond acceptors (Lipinski definition) is 6. The number of para-hydroxylation sites is 1. The number of anilines is 1. The fourth-order valence-corrected chi connectivity index (χ4v) is 3.90. The molecule has 154 valence electrons. The van der Waals surface area contributed by atoms with Crippen LogP contribution in [-0.4, -0.2) is 34.2 Å². The number of amides is 1. The zero-order valence-electron chi connectivity index (χ0n) is 16.2. The number of halogens is 1. The maximum atomic E-state index is 12.2. The number of methoxy groups -OCH3 is 1. The number of rotatable bonds is 8. The number of hydrogen-bond donors (Lipinski definition) is 1. The Bertz CT molecular complexity index is 1170. The Morgan fingerprint density at radius 1 is 1.23 bits per heavy atom. The molecular weight excluding hydrogens is 424 g/mol. The van der Waals surface area contributed by atoms with Crippen LogP contribution in [0, 0.1) is 0 Å². The minimum atomic E-state index is -0.168. The van der Waals surface area contributed by atoms with Crippen LogP contribution >= 0.6 is 22.9 Å².